The summed E-state index contributed by atoms with van der Waals surface area (Å²) >= 11 is 0. The Morgan fingerprint density at radius 2 is 1.40 bits per heavy atom. The van der Waals surface area contributed by atoms with Crippen LogP contribution in [0, 0.1) is 0 Å². The first-order valence-electron chi connectivity index (χ1n) is 11.3. The minimum absolute atomic E-state index is 0.367. The Hall–Kier alpha value is -1.24. The molecule has 0 spiro atoms. The van der Waals surface area contributed by atoms with Gasteiger partial charge in [0.05, 0.1) is 23.8 Å². The molecule has 6 heteroatoms. The lowest BCUT2D eigenvalue weighted by Gasteiger charge is -2.44. The number of ether oxygens (including phenoxy) is 1. The molecule has 0 N–H and O–H groups in total. The summed E-state index contributed by atoms with van der Waals surface area (Å²) < 4.78 is 21.4. The highest BCUT2D eigenvalue weighted by atomic mass is 28.3. The van der Waals surface area contributed by atoms with Gasteiger partial charge in [-0.15, -0.1) is 0 Å². The zero-order valence-corrected chi connectivity index (χ0v) is 21.8. The summed E-state index contributed by atoms with van der Waals surface area (Å²) in [6, 6.07) is 6.34. The van der Waals surface area contributed by atoms with Crippen molar-refractivity contribution in [3.8, 4) is 5.75 Å². The van der Waals surface area contributed by atoms with Gasteiger partial charge in [0.1, 0.15) is 5.75 Å². The Morgan fingerprint density at radius 3 is 1.83 bits per heavy atom. The van der Waals surface area contributed by atoms with E-state index in [4.69, 9.17) is 14.0 Å². The third-order valence-corrected chi connectivity index (χ3v) is 14.5. The molecule has 1 aliphatic heterocycles. The van der Waals surface area contributed by atoms with Gasteiger partial charge in [0.25, 0.3) is 0 Å². The monoisotopic (exact) mass is 429 g/mol. The highest BCUT2D eigenvalue weighted by molar-refractivity contribution is 6.83. The number of aromatic nitrogens is 1. The van der Waals surface area contributed by atoms with Gasteiger partial charge >= 0.3 is 7.12 Å². The molecule has 166 valence electrons. The summed E-state index contributed by atoms with van der Waals surface area (Å²) in [5, 5.41) is 1.17. The van der Waals surface area contributed by atoms with Crippen molar-refractivity contribution in [1.82, 2.24) is 4.23 Å². The van der Waals surface area contributed by atoms with E-state index < -0.39 is 8.24 Å². The van der Waals surface area contributed by atoms with Crippen LogP contribution in [0.1, 0.15) is 69.2 Å². The first-order valence-corrected chi connectivity index (χ1v) is 13.5. The molecule has 0 aliphatic carbocycles. The Kier molecular flexibility index (Phi) is 6.03. The lowest BCUT2D eigenvalue weighted by molar-refractivity contribution is 0.00578. The Balaban J connectivity index is 2.35. The van der Waals surface area contributed by atoms with Gasteiger partial charge in [-0.1, -0.05) is 53.7 Å². The van der Waals surface area contributed by atoms with Crippen molar-refractivity contribution in [2.45, 2.75) is 97.1 Å². The molecule has 1 aromatic heterocycles. The largest absolute Gasteiger partial charge is 0.497 e. The molecule has 0 radical (unpaired) electrons. The summed E-state index contributed by atoms with van der Waals surface area (Å²) in [5.74, 6) is 0.925. The van der Waals surface area contributed by atoms with E-state index in [2.05, 4.69) is 97.9 Å². The van der Waals surface area contributed by atoms with E-state index in [1.54, 1.807) is 7.11 Å². The van der Waals surface area contributed by atoms with Crippen LogP contribution in [0.3, 0.4) is 0 Å². The van der Waals surface area contributed by atoms with E-state index in [1.165, 1.54) is 10.9 Å². The standard InChI is InChI=1S/C24H40BNO3Si/c1-16(2)30(17(3)4,18(5)6)26-15-20(19-13-12-14-21(27-11)22(19)26)25-28-23(7,8)24(9,10)29-25/h12-18H,1-11H3. The van der Waals surface area contributed by atoms with Gasteiger partial charge in [0.2, 0.25) is 0 Å². The molecule has 4 nitrogen and oxygen atoms in total. The highest BCUT2D eigenvalue weighted by Crippen LogP contribution is 2.46. The van der Waals surface area contributed by atoms with Crippen molar-refractivity contribution in [3.05, 3.63) is 24.4 Å². The normalized spacial score (nSPS) is 18.9. The fourth-order valence-corrected chi connectivity index (χ4v) is 12.4. The molecule has 0 saturated carbocycles. The third kappa shape index (κ3) is 3.26. The summed E-state index contributed by atoms with van der Waals surface area (Å²) in [5.41, 5.74) is 3.28. The Morgan fingerprint density at radius 1 is 0.900 bits per heavy atom. The number of hydrogen-bond donors (Lipinski definition) is 0. The van der Waals surface area contributed by atoms with Crippen LogP contribution in [0.2, 0.25) is 16.6 Å². The fraction of sp³-hybridized carbons (Fsp3) is 0.667. The SMILES string of the molecule is COc1cccc2c(B3OC(C)(C)C(C)(C)O3)cn([Si](C(C)C)(C(C)C)C(C)C)c12. The quantitative estimate of drug-likeness (QED) is 0.530. The van der Waals surface area contributed by atoms with Gasteiger partial charge in [-0.05, 0) is 56.6 Å². The van der Waals surface area contributed by atoms with Crippen LogP contribution in [-0.2, 0) is 9.31 Å². The first-order chi connectivity index (χ1) is 13.8. The maximum absolute atomic E-state index is 6.48. The predicted molar refractivity (Wildman–Crippen MR) is 131 cm³/mol. The second kappa shape index (κ2) is 7.72. The minimum atomic E-state index is -1.99. The van der Waals surface area contributed by atoms with Crippen molar-refractivity contribution >= 4 is 31.7 Å². The summed E-state index contributed by atoms with van der Waals surface area (Å²) in [7, 11) is -0.609. The van der Waals surface area contributed by atoms with Crippen molar-refractivity contribution in [1.29, 1.82) is 0 Å². The molecule has 3 rings (SSSR count). The number of rotatable bonds is 6. The number of hydrogen-bond acceptors (Lipinski definition) is 3. The van der Waals surface area contributed by atoms with Crippen LogP contribution >= 0.6 is 0 Å². The van der Waals surface area contributed by atoms with Crippen LogP contribution in [-0.4, -0.2) is 37.9 Å². The van der Waals surface area contributed by atoms with Crippen molar-refractivity contribution in [2.24, 2.45) is 0 Å². The molecule has 2 heterocycles. The molecule has 0 amide bonds. The zero-order chi connectivity index (χ0) is 22.6. The minimum Gasteiger partial charge on any atom is -0.495 e. The van der Waals surface area contributed by atoms with E-state index in [9.17, 15) is 0 Å². The molecule has 30 heavy (non-hydrogen) atoms. The van der Waals surface area contributed by atoms with Crippen LogP contribution in [0.5, 0.6) is 5.75 Å². The molecular formula is C24H40BNO3Si. The van der Waals surface area contributed by atoms with Crippen LogP contribution in [0.15, 0.2) is 24.4 Å². The number of methoxy groups -OCH3 is 1. The van der Waals surface area contributed by atoms with Crippen molar-refractivity contribution in [3.63, 3.8) is 0 Å². The van der Waals surface area contributed by atoms with Gasteiger partial charge < -0.3 is 18.3 Å². The van der Waals surface area contributed by atoms with E-state index in [0.717, 1.165) is 11.2 Å². The smallest absolute Gasteiger partial charge is 0.495 e. The maximum Gasteiger partial charge on any atom is 0.497 e. The van der Waals surface area contributed by atoms with Crippen LogP contribution in [0.25, 0.3) is 10.9 Å². The van der Waals surface area contributed by atoms with E-state index in [1.807, 2.05) is 0 Å². The van der Waals surface area contributed by atoms with Gasteiger partial charge in [-0.2, -0.15) is 0 Å². The topological polar surface area (TPSA) is 32.6 Å². The second-order valence-electron chi connectivity index (χ2n) is 10.8. The average Bonchev–Trinajstić information content (AvgIpc) is 3.09. The molecule has 1 aliphatic rings. The molecule has 1 fully saturated rings. The first kappa shape index (κ1) is 23.4. The predicted octanol–water partition coefficient (Wildman–Crippen LogP) is 5.97. The molecule has 1 aromatic carbocycles. The molecule has 0 bridgehead atoms. The summed E-state index contributed by atoms with van der Waals surface area (Å²) in [6.07, 6.45) is 2.33. The van der Waals surface area contributed by atoms with Gasteiger partial charge in [-0.3, -0.25) is 0 Å². The zero-order valence-electron chi connectivity index (χ0n) is 20.8. The van der Waals surface area contributed by atoms with E-state index in [-0.39, 0.29) is 18.3 Å². The van der Waals surface area contributed by atoms with Crippen LogP contribution < -0.4 is 10.2 Å². The van der Waals surface area contributed by atoms with Gasteiger partial charge in [0, 0.05) is 10.8 Å². The van der Waals surface area contributed by atoms with Crippen LogP contribution in [0.4, 0.5) is 0 Å². The van der Waals surface area contributed by atoms with Crippen molar-refractivity contribution < 1.29 is 14.0 Å². The Bertz CT molecular complexity index is 879. The Labute approximate surface area is 184 Å². The molecular weight excluding hydrogens is 389 g/mol. The van der Waals surface area contributed by atoms with Crippen molar-refractivity contribution in [2.75, 3.05) is 7.11 Å². The molecule has 0 atom stereocenters. The third-order valence-electron chi connectivity index (χ3n) is 7.74. The fourth-order valence-electron chi connectivity index (χ4n) is 5.74. The summed E-state index contributed by atoms with van der Waals surface area (Å²) in [6.45, 7) is 22.8. The lowest BCUT2D eigenvalue weighted by atomic mass is 9.79. The lowest BCUT2D eigenvalue weighted by Crippen LogP contribution is -2.52. The maximum atomic E-state index is 6.48. The number of fused-ring (bicyclic) bond motifs is 1. The molecule has 1 saturated heterocycles. The molecule has 0 unspecified atom stereocenters. The number of para-hydroxylation sites is 1. The second-order valence-corrected chi connectivity index (χ2v) is 16.5. The van der Waals surface area contributed by atoms with Gasteiger partial charge in [0.15, 0.2) is 8.24 Å². The van der Waals surface area contributed by atoms with Gasteiger partial charge in [-0.25, -0.2) is 0 Å². The van der Waals surface area contributed by atoms with E-state index >= 15 is 0 Å². The number of nitrogens with zero attached hydrogens (tertiary/aromatic N) is 1. The summed E-state index contributed by atoms with van der Waals surface area (Å²) in [4.78, 5) is 0. The number of benzene rings is 1. The average molecular weight is 429 g/mol. The van der Waals surface area contributed by atoms with E-state index in [0.29, 0.717) is 16.6 Å². The molecule has 2 aromatic rings. The highest BCUT2D eigenvalue weighted by Gasteiger charge is 2.53.